The molecule has 0 unspecified atom stereocenters. The predicted molar refractivity (Wildman–Crippen MR) is 69.1 cm³/mol. The zero-order valence-electron chi connectivity index (χ0n) is 11.3. The van der Waals surface area contributed by atoms with Gasteiger partial charge in [-0.15, -0.1) is 0 Å². The van der Waals surface area contributed by atoms with Crippen molar-refractivity contribution in [2.75, 3.05) is 0 Å². The van der Waals surface area contributed by atoms with Gasteiger partial charge in [0.1, 0.15) is 17.4 Å². The van der Waals surface area contributed by atoms with Crippen molar-refractivity contribution in [1.29, 1.82) is 0 Å². The van der Waals surface area contributed by atoms with Gasteiger partial charge in [0, 0.05) is 6.07 Å². The van der Waals surface area contributed by atoms with Crippen LogP contribution in [0.5, 0.6) is 0 Å². The molecule has 3 atom stereocenters. The van der Waals surface area contributed by atoms with Crippen molar-refractivity contribution in [1.82, 2.24) is 0 Å². The Balaban J connectivity index is 1.79. The topological polar surface area (TPSA) is 56.5 Å². The molecule has 2 aliphatic carbocycles. The largest absolute Gasteiger partial charge is 0.458 e. The minimum absolute atomic E-state index is 0.0528. The van der Waals surface area contributed by atoms with Crippen LogP contribution in [0.25, 0.3) is 0 Å². The van der Waals surface area contributed by atoms with E-state index in [1.807, 2.05) is 0 Å². The average molecular weight is 262 g/mol. The molecule has 1 heterocycles. The molecule has 0 aliphatic heterocycles. The standard InChI is InChI=1S/C15H18O4/c1-8-5-13(16)18-9(2)14(8)15(17)19-12-7-10-3-4-11(12)6-10/h5,10-12H,3-4,6-7H2,1-2H3/t10-,11-,12-/m0/s1. The summed E-state index contributed by atoms with van der Waals surface area (Å²) in [4.78, 5) is 23.5. The summed E-state index contributed by atoms with van der Waals surface area (Å²) in [6.07, 6.45) is 4.68. The lowest BCUT2D eigenvalue weighted by atomic mass is 9.97. The molecule has 4 nitrogen and oxygen atoms in total. The van der Waals surface area contributed by atoms with Gasteiger partial charge in [-0.1, -0.05) is 0 Å². The summed E-state index contributed by atoms with van der Waals surface area (Å²) in [6, 6.07) is 1.34. The fraction of sp³-hybridized carbons (Fsp3) is 0.600. The molecule has 0 aromatic carbocycles. The minimum Gasteiger partial charge on any atom is -0.458 e. The van der Waals surface area contributed by atoms with E-state index in [2.05, 4.69) is 0 Å². The third-order valence-electron chi connectivity index (χ3n) is 4.47. The first-order valence-corrected chi connectivity index (χ1v) is 6.87. The van der Waals surface area contributed by atoms with E-state index >= 15 is 0 Å². The summed E-state index contributed by atoms with van der Waals surface area (Å²) in [5.41, 5.74) is 0.607. The van der Waals surface area contributed by atoms with Crippen LogP contribution in [-0.4, -0.2) is 12.1 Å². The van der Waals surface area contributed by atoms with E-state index in [1.54, 1.807) is 13.8 Å². The molecule has 0 spiro atoms. The molecular formula is C15H18O4. The first-order valence-electron chi connectivity index (χ1n) is 6.87. The van der Waals surface area contributed by atoms with Crippen molar-refractivity contribution < 1.29 is 13.9 Å². The number of hydrogen-bond donors (Lipinski definition) is 0. The van der Waals surface area contributed by atoms with Crippen LogP contribution < -0.4 is 5.63 Å². The Morgan fingerprint density at radius 3 is 2.68 bits per heavy atom. The molecule has 2 saturated carbocycles. The van der Waals surface area contributed by atoms with E-state index in [-0.39, 0.29) is 12.1 Å². The van der Waals surface area contributed by atoms with E-state index in [0.717, 1.165) is 12.3 Å². The van der Waals surface area contributed by atoms with Gasteiger partial charge in [0.05, 0.1) is 0 Å². The van der Waals surface area contributed by atoms with Gasteiger partial charge in [-0.05, 0) is 56.9 Å². The van der Waals surface area contributed by atoms with E-state index in [4.69, 9.17) is 9.15 Å². The highest BCUT2D eigenvalue weighted by Gasteiger charge is 2.42. The highest BCUT2D eigenvalue weighted by Crippen LogP contribution is 2.46. The van der Waals surface area contributed by atoms with Gasteiger partial charge in [0.25, 0.3) is 0 Å². The Morgan fingerprint density at radius 1 is 1.32 bits per heavy atom. The minimum atomic E-state index is -0.425. The van der Waals surface area contributed by atoms with Crippen molar-refractivity contribution in [3.63, 3.8) is 0 Å². The quantitative estimate of drug-likeness (QED) is 0.769. The second-order valence-corrected chi connectivity index (χ2v) is 5.80. The van der Waals surface area contributed by atoms with Gasteiger partial charge < -0.3 is 9.15 Å². The number of esters is 1. The molecule has 102 valence electrons. The Morgan fingerprint density at radius 2 is 2.11 bits per heavy atom. The average Bonchev–Trinajstić information content (AvgIpc) is 2.89. The lowest BCUT2D eigenvalue weighted by Gasteiger charge is -2.22. The Kier molecular flexibility index (Phi) is 2.96. The van der Waals surface area contributed by atoms with Crippen molar-refractivity contribution in [2.24, 2.45) is 11.8 Å². The first kappa shape index (κ1) is 12.5. The van der Waals surface area contributed by atoms with Crippen LogP contribution in [0.4, 0.5) is 0 Å². The van der Waals surface area contributed by atoms with Crippen LogP contribution in [0.15, 0.2) is 15.3 Å². The summed E-state index contributed by atoms with van der Waals surface area (Å²) in [6.45, 7) is 3.37. The van der Waals surface area contributed by atoms with E-state index < -0.39 is 5.63 Å². The number of fused-ring (bicyclic) bond motifs is 2. The van der Waals surface area contributed by atoms with Crippen molar-refractivity contribution >= 4 is 5.97 Å². The summed E-state index contributed by atoms with van der Waals surface area (Å²) < 4.78 is 10.6. The summed E-state index contributed by atoms with van der Waals surface area (Å²) in [5.74, 6) is 1.26. The smallest absolute Gasteiger partial charge is 0.342 e. The van der Waals surface area contributed by atoms with Gasteiger partial charge in [0.15, 0.2) is 0 Å². The zero-order valence-corrected chi connectivity index (χ0v) is 11.3. The van der Waals surface area contributed by atoms with Crippen molar-refractivity contribution in [3.8, 4) is 0 Å². The van der Waals surface area contributed by atoms with Crippen molar-refractivity contribution in [2.45, 2.75) is 45.6 Å². The zero-order chi connectivity index (χ0) is 13.6. The SMILES string of the molecule is Cc1cc(=O)oc(C)c1C(=O)O[C@H]1C[C@H]2CC[C@H]1C2. The molecule has 2 fully saturated rings. The first-order chi connectivity index (χ1) is 9.04. The van der Waals surface area contributed by atoms with E-state index in [1.165, 1.54) is 25.3 Å². The number of carbonyl (C=O) groups excluding carboxylic acids is 1. The molecule has 0 amide bonds. The molecule has 2 aliphatic rings. The van der Waals surface area contributed by atoms with Gasteiger partial charge in [-0.2, -0.15) is 0 Å². The number of aryl methyl sites for hydroxylation is 2. The molecular weight excluding hydrogens is 244 g/mol. The molecule has 0 radical (unpaired) electrons. The second kappa shape index (κ2) is 4.51. The third kappa shape index (κ3) is 2.20. The monoisotopic (exact) mass is 262 g/mol. The Bertz CT molecular complexity index is 546. The van der Waals surface area contributed by atoms with Crippen LogP contribution in [0.2, 0.25) is 0 Å². The van der Waals surface area contributed by atoms with Crippen molar-refractivity contribution in [3.05, 3.63) is 33.4 Å². The van der Waals surface area contributed by atoms with Crippen LogP contribution in [0.1, 0.15) is 47.4 Å². The maximum Gasteiger partial charge on any atom is 0.342 e. The van der Waals surface area contributed by atoms with Gasteiger partial charge in [-0.3, -0.25) is 0 Å². The molecule has 0 saturated heterocycles. The second-order valence-electron chi connectivity index (χ2n) is 5.80. The number of rotatable bonds is 2. The molecule has 19 heavy (non-hydrogen) atoms. The van der Waals surface area contributed by atoms with E-state index in [9.17, 15) is 9.59 Å². The third-order valence-corrected chi connectivity index (χ3v) is 4.47. The summed E-state index contributed by atoms with van der Waals surface area (Å²) in [5, 5.41) is 0. The Hall–Kier alpha value is -1.58. The fourth-order valence-corrected chi connectivity index (χ4v) is 3.59. The molecule has 1 aromatic heterocycles. The molecule has 1 aromatic rings. The van der Waals surface area contributed by atoms with Crippen LogP contribution >= 0.6 is 0 Å². The molecule has 2 bridgehead atoms. The van der Waals surface area contributed by atoms with Gasteiger partial charge in [-0.25, -0.2) is 9.59 Å². The molecule has 0 N–H and O–H groups in total. The predicted octanol–water partition coefficient (Wildman–Crippen LogP) is 2.60. The molecule has 4 heteroatoms. The van der Waals surface area contributed by atoms with Crippen LogP contribution in [0, 0.1) is 25.7 Å². The summed E-state index contributed by atoms with van der Waals surface area (Å²) >= 11 is 0. The maximum absolute atomic E-state index is 12.2. The summed E-state index contributed by atoms with van der Waals surface area (Å²) in [7, 11) is 0. The normalized spacial score (nSPS) is 28.6. The lowest BCUT2D eigenvalue weighted by Crippen LogP contribution is -2.25. The highest BCUT2D eigenvalue weighted by molar-refractivity contribution is 5.92. The Labute approximate surface area is 111 Å². The van der Waals surface area contributed by atoms with Crippen LogP contribution in [-0.2, 0) is 4.74 Å². The number of ether oxygens (including phenoxy) is 1. The highest BCUT2D eigenvalue weighted by atomic mass is 16.5. The van der Waals surface area contributed by atoms with Gasteiger partial charge in [0.2, 0.25) is 0 Å². The lowest BCUT2D eigenvalue weighted by molar-refractivity contribution is 0.0153. The number of hydrogen-bond acceptors (Lipinski definition) is 4. The number of carbonyl (C=O) groups is 1. The molecule has 3 rings (SSSR count). The maximum atomic E-state index is 12.2. The van der Waals surface area contributed by atoms with Crippen LogP contribution in [0.3, 0.4) is 0 Å². The van der Waals surface area contributed by atoms with Gasteiger partial charge >= 0.3 is 11.6 Å². The fourth-order valence-electron chi connectivity index (χ4n) is 3.59. The van der Waals surface area contributed by atoms with E-state index in [0.29, 0.717) is 22.8 Å².